The van der Waals surface area contributed by atoms with Crippen molar-refractivity contribution in [3.05, 3.63) is 41.2 Å². The molecule has 1 aromatic heterocycles. The van der Waals surface area contributed by atoms with Crippen LogP contribution in [0.3, 0.4) is 0 Å². The van der Waals surface area contributed by atoms with Gasteiger partial charge in [0.2, 0.25) is 5.91 Å². The van der Waals surface area contributed by atoms with Gasteiger partial charge in [-0.3, -0.25) is 9.59 Å². The molecule has 30 heavy (non-hydrogen) atoms. The van der Waals surface area contributed by atoms with Gasteiger partial charge in [-0.05, 0) is 49.3 Å². The first-order valence-electron chi connectivity index (χ1n) is 9.83. The molecule has 2 N–H and O–H groups in total. The number of anilines is 1. The van der Waals surface area contributed by atoms with Crippen molar-refractivity contribution in [3.8, 4) is 5.75 Å². The van der Waals surface area contributed by atoms with Crippen LogP contribution >= 0.6 is 23.4 Å². The first kappa shape index (κ1) is 24.0. The Morgan fingerprint density at radius 1 is 1.20 bits per heavy atom. The summed E-state index contributed by atoms with van der Waals surface area (Å²) in [7, 11) is 0. The maximum absolute atomic E-state index is 12.9. The fourth-order valence-corrected chi connectivity index (χ4v) is 3.39. The van der Waals surface area contributed by atoms with E-state index in [2.05, 4.69) is 20.6 Å². The van der Waals surface area contributed by atoms with Gasteiger partial charge in [-0.25, -0.2) is 9.97 Å². The standard InChI is InChI=1S/C21H27ClN4O3S/c1-5-29-15-9-7-14(8-10-15)24-19(27)17(11-13(3)4)25-20(28)18-16(22)12-23-21(26-18)30-6-2/h7-10,12-13,17H,5-6,11H2,1-4H3,(H,24,27)(H,25,28)/t17-/m1/s1. The second kappa shape index (κ2) is 11.8. The molecular weight excluding hydrogens is 424 g/mol. The Kier molecular flexibility index (Phi) is 9.39. The van der Waals surface area contributed by atoms with E-state index in [1.54, 1.807) is 24.3 Å². The highest BCUT2D eigenvalue weighted by Gasteiger charge is 2.25. The summed E-state index contributed by atoms with van der Waals surface area (Å²) in [6.07, 6.45) is 1.87. The zero-order chi connectivity index (χ0) is 22.1. The van der Waals surface area contributed by atoms with Gasteiger partial charge >= 0.3 is 0 Å². The number of carbonyl (C=O) groups excluding carboxylic acids is 2. The molecule has 0 unspecified atom stereocenters. The lowest BCUT2D eigenvalue weighted by atomic mass is 10.0. The summed E-state index contributed by atoms with van der Waals surface area (Å²) >= 11 is 7.53. The van der Waals surface area contributed by atoms with Crippen LogP contribution in [-0.4, -0.2) is 40.2 Å². The molecule has 0 bridgehead atoms. The normalized spacial score (nSPS) is 11.8. The smallest absolute Gasteiger partial charge is 0.272 e. The summed E-state index contributed by atoms with van der Waals surface area (Å²) in [6, 6.07) is 6.34. The lowest BCUT2D eigenvalue weighted by molar-refractivity contribution is -0.118. The Morgan fingerprint density at radius 3 is 2.50 bits per heavy atom. The fraction of sp³-hybridized carbons (Fsp3) is 0.429. The molecule has 9 heteroatoms. The fourth-order valence-electron chi connectivity index (χ4n) is 2.67. The Bertz CT molecular complexity index is 862. The van der Waals surface area contributed by atoms with Gasteiger partial charge < -0.3 is 15.4 Å². The number of benzene rings is 1. The monoisotopic (exact) mass is 450 g/mol. The van der Waals surface area contributed by atoms with Crippen molar-refractivity contribution in [2.75, 3.05) is 17.7 Å². The molecule has 1 atom stereocenters. The van der Waals surface area contributed by atoms with Crippen LogP contribution in [0.25, 0.3) is 0 Å². The predicted octanol–water partition coefficient (Wildman–Crippen LogP) is 4.42. The van der Waals surface area contributed by atoms with Crippen LogP contribution in [0.1, 0.15) is 44.6 Å². The number of hydrogen-bond acceptors (Lipinski definition) is 6. The SMILES string of the molecule is CCOc1ccc(NC(=O)[C@@H](CC(C)C)NC(=O)c2nc(SCC)ncc2Cl)cc1. The zero-order valence-corrected chi connectivity index (χ0v) is 19.1. The molecule has 1 heterocycles. The highest BCUT2D eigenvalue weighted by atomic mass is 35.5. The second-order valence-corrected chi connectivity index (χ2v) is 8.52. The topological polar surface area (TPSA) is 93.2 Å². The van der Waals surface area contributed by atoms with Gasteiger partial charge in [0.15, 0.2) is 10.9 Å². The van der Waals surface area contributed by atoms with Crippen molar-refractivity contribution in [1.82, 2.24) is 15.3 Å². The van der Waals surface area contributed by atoms with Gasteiger partial charge in [0.1, 0.15) is 11.8 Å². The Morgan fingerprint density at radius 2 is 1.90 bits per heavy atom. The number of aromatic nitrogens is 2. The highest BCUT2D eigenvalue weighted by molar-refractivity contribution is 7.99. The van der Waals surface area contributed by atoms with Gasteiger partial charge in [0, 0.05) is 5.69 Å². The van der Waals surface area contributed by atoms with Gasteiger partial charge in [-0.2, -0.15) is 0 Å². The van der Waals surface area contributed by atoms with Crippen LogP contribution in [0.15, 0.2) is 35.6 Å². The quantitative estimate of drug-likeness (QED) is 0.411. The molecule has 0 aliphatic carbocycles. The summed E-state index contributed by atoms with van der Waals surface area (Å²) in [4.78, 5) is 34.0. The minimum Gasteiger partial charge on any atom is -0.494 e. The minimum absolute atomic E-state index is 0.0604. The highest BCUT2D eigenvalue weighted by Crippen LogP contribution is 2.19. The van der Waals surface area contributed by atoms with E-state index in [0.717, 1.165) is 11.5 Å². The lowest BCUT2D eigenvalue weighted by Crippen LogP contribution is -2.45. The van der Waals surface area contributed by atoms with Crippen LogP contribution in [0.5, 0.6) is 5.75 Å². The number of rotatable bonds is 10. The molecule has 0 aliphatic rings. The number of ether oxygens (including phenoxy) is 1. The van der Waals surface area contributed by atoms with Gasteiger partial charge in [-0.1, -0.05) is 44.1 Å². The van der Waals surface area contributed by atoms with Crippen molar-refractivity contribution in [2.45, 2.75) is 45.3 Å². The molecular formula is C21H27ClN4O3S. The van der Waals surface area contributed by atoms with Crippen molar-refractivity contribution in [1.29, 1.82) is 0 Å². The van der Waals surface area contributed by atoms with Crippen LogP contribution in [0.4, 0.5) is 5.69 Å². The third-order valence-corrected chi connectivity index (χ3v) is 4.99. The molecule has 0 spiro atoms. The van der Waals surface area contributed by atoms with Gasteiger partial charge in [0.05, 0.1) is 17.8 Å². The average Bonchev–Trinajstić information content (AvgIpc) is 2.70. The first-order chi connectivity index (χ1) is 14.3. The second-order valence-electron chi connectivity index (χ2n) is 6.88. The molecule has 2 rings (SSSR count). The summed E-state index contributed by atoms with van der Waals surface area (Å²) < 4.78 is 5.41. The van der Waals surface area contributed by atoms with Gasteiger partial charge in [-0.15, -0.1) is 0 Å². The predicted molar refractivity (Wildman–Crippen MR) is 120 cm³/mol. The number of carbonyl (C=O) groups is 2. The molecule has 1 aromatic carbocycles. The van der Waals surface area contributed by atoms with Gasteiger partial charge in [0.25, 0.3) is 5.91 Å². The molecule has 7 nitrogen and oxygen atoms in total. The van der Waals surface area contributed by atoms with Crippen LogP contribution < -0.4 is 15.4 Å². The van der Waals surface area contributed by atoms with E-state index in [-0.39, 0.29) is 22.5 Å². The van der Waals surface area contributed by atoms with Crippen molar-refractivity contribution < 1.29 is 14.3 Å². The number of thioether (sulfide) groups is 1. The maximum Gasteiger partial charge on any atom is 0.272 e. The average molecular weight is 451 g/mol. The molecule has 0 saturated carbocycles. The van der Waals surface area contributed by atoms with Crippen LogP contribution in [0.2, 0.25) is 5.02 Å². The maximum atomic E-state index is 12.9. The van der Waals surface area contributed by atoms with Crippen molar-refractivity contribution in [3.63, 3.8) is 0 Å². The molecule has 0 aliphatic heterocycles. The number of halogens is 1. The van der Waals surface area contributed by atoms with Crippen LogP contribution in [0, 0.1) is 5.92 Å². The summed E-state index contributed by atoms with van der Waals surface area (Å²) in [6.45, 7) is 8.40. The molecule has 2 aromatic rings. The van der Waals surface area contributed by atoms with E-state index in [1.165, 1.54) is 18.0 Å². The largest absolute Gasteiger partial charge is 0.494 e. The Hall–Kier alpha value is -2.32. The minimum atomic E-state index is -0.739. The molecule has 162 valence electrons. The van der Waals surface area contributed by atoms with E-state index in [4.69, 9.17) is 16.3 Å². The number of nitrogens with zero attached hydrogens (tertiary/aromatic N) is 2. The first-order valence-corrected chi connectivity index (χ1v) is 11.2. The molecule has 0 radical (unpaired) electrons. The number of hydrogen-bond donors (Lipinski definition) is 2. The molecule has 2 amide bonds. The third-order valence-electron chi connectivity index (χ3n) is 3.97. The zero-order valence-electron chi connectivity index (χ0n) is 17.6. The Balaban J connectivity index is 2.13. The summed E-state index contributed by atoms with van der Waals surface area (Å²) in [5, 5.41) is 6.21. The van der Waals surface area contributed by atoms with E-state index in [1.807, 2.05) is 27.7 Å². The van der Waals surface area contributed by atoms with Crippen molar-refractivity contribution in [2.24, 2.45) is 5.92 Å². The molecule has 0 fully saturated rings. The number of nitrogens with one attached hydrogen (secondary N) is 2. The third kappa shape index (κ3) is 7.18. The van der Waals surface area contributed by atoms with Crippen molar-refractivity contribution >= 4 is 40.9 Å². The van der Waals surface area contributed by atoms with E-state index in [0.29, 0.717) is 23.9 Å². The summed E-state index contributed by atoms with van der Waals surface area (Å²) in [5.41, 5.74) is 0.679. The molecule has 0 saturated heterocycles. The van der Waals surface area contributed by atoms with E-state index < -0.39 is 11.9 Å². The number of amides is 2. The van der Waals surface area contributed by atoms with E-state index in [9.17, 15) is 9.59 Å². The van der Waals surface area contributed by atoms with Crippen LogP contribution in [-0.2, 0) is 4.79 Å². The van der Waals surface area contributed by atoms with E-state index >= 15 is 0 Å². The lowest BCUT2D eigenvalue weighted by Gasteiger charge is -2.20. The summed E-state index contributed by atoms with van der Waals surface area (Å²) in [5.74, 6) is 0.862. The Labute approximate surface area is 186 Å².